The molecule has 0 aliphatic heterocycles. The fraction of sp³-hybridized carbons (Fsp3) is 0.800. The minimum absolute atomic E-state index is 0.0158. The van der Waals surface area contributed by atoms with E-state index in [-0.39, 0.29) is 35.0 Å². The summed E-state index contributed by atoms with van der Waals surface area (Å²) in [5.74, 6) is 0.930. The molecule has 0 N–H and O–H groups in total. The maximum absolute atomic E-state index is 13.4. The molecule has 4 aliphatic carbocycles. The van der Waals surface area contributed by atoms with E-state index in [1.54, 1.807) is 0 Å². The lowest BCUT2D eigenvalue weighted by molar-refractivity contribution is 0.0366. The molecule has 0 unspecified atom stereocenters. The molecule has 4 aliphatic rings. The maximum atomic E-state index is 13.4. The van der Waals surface area contributed by atoms with Crippen LogP contribution in [0.15, 0.2) is 0 Å². The molecule has 0 heterocycles. The van der Waals surface area contributed by atoms with Crippen LogP contribution in [-0.4, -0.2) is 6.17 Å². The van der Waals surface area contributed by atoms with E-state index in [1.165, 1.54) is 0 Å². The fourth-order valence-corrected chi connectivity index (χ4v) is 4.51. The third-order valence-electron chi connectivity index (χ3n) is 4.92. The predicted octanol–water partition coefficient (Wildman–Crippen LogP) is 1.11. The molecule has 2 nitrogen and oxygen atoms in total. The summed E-state index contributed by atoms with van der Waals surface area (Å²) < 4.78 is 13.4. The molecule has 0 aromatic carbocycles. The summed E-state index contributed by atoms with van der Waals surface area (Å²) in [5.41, 5.74) is -0.290. The molecular weight excluding hydrogens is 167 g/mol. The van der Waals surface area contributed by atoms with Crippen LogP contribution in [0.1, 0.15) is 0 Å². The summed E-state index contributed by atoms with van der Waals surface area (Å²) >= 11 is 0. The van der Waals surface area contributed by atoms with Gasteiger partial charge in [-0.05, 0) is 17.8 Å². The number of nitriles is 2. The van der Waals surface area contributed by atoms with E-state index in [2.05, 4.69) is 12.1 Å². The van der Waals surface area contributed by atoms with Crippen LogP contribution in [0.2, 0.25) is 0 Å². The van der Waals surface area contributed by atoms with Gasteiger partial charge in [-0.15, -0.1) is 0 Å². The van der Waals surface area contributed by atoms with Gasteiger partial charge in [0.25, 0.3) is 0 Å². The Morgan fingerprint density at radius 1 is 1.08 bits per heavy atom. The molecule has 4 fully saturated rings. The van der Waals surface area contributed by atoms with Gasteiger partial charge in [-0.1, -0.05) is 0 Å². The summed E-state index contributed by atoms with van der Waals surface area (Å²) in [6, 6.07) is 4.54. The highest BCUT2D eigenvalue weighted by Gasteiger charge is 2.96. The van der Waals surface area contributed by atoms with E-state index in [0.29, 0.717) is 5.92 Å². The van der Waals surface area contributed by atoms with Gasteiger partial charge in [0.15, 0.2) is 0 Å². The number of nitrogens with zero attached hydrogens (tertiary/aromatic N) is 2. The van der Waals surface area contributed by atoms with Crippen LogP contribution >= 0.6 is 0 Å². The lowest BCUT2D eigenvalue weighted by atomic mass is 9.69. The molecule has 0 radical (unpaired) electrons. The molecule has 0 amide bonds. The van der Waals surface area contributed by atoms with Gasteiger partial charge in [0, 0.05) is 11.8 Å². The molecule has 4 rings (SSSR count). The summed E-state index contributed by atoms with van der Waals surface area (Å²) in [4.78, 5) is 0. The standard InChI is InChI=1S/C10H7FN2/c11-9-7-5-3(1-12)4(5)6-8(9)10(6,7)2-13/h3-9H/t3-,4-,5+,6+,7-,8+,9-,10+/m0/s1. The average Bonchev–Trinajstić information content (AvgIpc) is 2.97. The van der Waals surface area contributed by atoms with Gasteiger partial charge in [-0.3, -0.25) is 0 Å². The van der Waals surface area contributed by atoms with Gasteiger partial charge in [0.05, 0.1) is 23.5 Å². The van der Waals surface area contributed by atoms with Crippen LogP contribution in [0.3, 0.4) is 0 Å². The second kappa shape index (κ2) is 1.38. The average molecular weight is 174 g/mol. The summed E-state index contributed by atoms with van der Waals surface area (Å²) in [6.45, 7) is 0. The van der Waals surface area contributed by atoms with Gasteiger partial charge >= 0.3 is 0 Å². The zero-order chi connectivity index (χ0) is 8.96. The van der Waals surface area contributed by atoms with Crippen LogP contribution in [0.5, 0.6) is 0 Å². The van der Waals surface area contributed by atoms with E-state index in [4.69, 9.17) is 10.5 Å². The summed E-state index contributed by atoms with van der Waals surface area (Å²) in [7, 11) is 0. The highest BCUT2D eigenvalue weighted by atomic mass is 19.1. The van der Waals surface area contributed by atoms with Crippen molar-refractivity contribution >= 4 is 0 Å². The van der Waals surface area contributed by atoms with Crippen molar-refractivity contribution in [3.63, 3.8) is 0 Å². The Kier molecular flexibility index (Phi) is 0.675. The normalized spacial score (nSPS) is 73.9. The van der Waals surface area contributed by atoms with Crippen molar-refractivity contribution < 1.29 is 4.39 Å². The lowest BCUT2D eigenvalue weighted by Crippen LogP contribution is -2.41. The Bertz CT molecular complexity index is 406. The fourth-order valence-electron chi connectivity index (χ4n) is 4.51. The number of halogens is 1. The van der Waals surface area contributed by atoms with Gasteiger partial charge in [-0.25, -0.2) is 4.39 Å². The largest absolute Gasteiger partial charge is 0.247 e. The number of hydrogen-bond donors (Lipinski definition) is 0. The Labute approximate surface area is 75.0 Å². The molecule has 0 aromatic heterocycles. The third kappa shape index (κ3) is 0.348. The van der Waals surface area contributed by atoms with Gasteiger partial charge in [0.2, 0.25) is 0 Å². The topological polar surface area (TPSA) is 47.6 Å². The number of alkyl halides is 1. The number of rotatable bonds is 0. The van der Waals surface area contributed by atoms with Gasteiger partial charge in [0.1, 0.15) is 6.17 Å². The Hall–Kier alpha value is -1.09. The van der Waals surface area contributed by atoms with Gasteiger partial charge in [-0.2, -0.15) is 10.5 Å². The van der Waals surface area contributed by atoms with Crippen LogP contribution in [-0.2, 0) is 0 Å². The van der Waals surface area contributed by atoms with Crippen LogP contribution in [0, 0.1) is 63.6 Å². The van der Waals surface area contributed by atoms with Crippen molar-refractivity contribution in [1.29, 1.82) is 10.5 Å². The van der Waals surface area contributed by atoms with Crippen LogP contribution in [0.4, 0.5) is 4.39 Å². The highest BCUT2D eigenvalue weighted by molar-refractivity contribution is 5.47. The first kappa shape index (κ1) is 6.38. The lowest BCUT2D eigenvalue weighted by Gasteiger charge is -2.34. The Morgan fingerprint density at radius 3 is 2.31 bits per heavy atom. The zero-order valence-corrected chi connectivity index (χ0v) is 6.81. The Morgan fingerprint density at radius 2 is 1.77 bits per heavy atom. The molecule has 0 spiro atoms. The van der Waals surface area contributed by atoms with Crippen molar-refractivity contribution in [2.75, 3.05) is 0 Å². The molecule has 3 heteroatoms. The Balaban J connectivity index is 1.80. The molecule has 0 saturated heterocycles. The van der Waals surface area contributed by atoms with Crippen molar-refractivity contribution in [2.24, 2.45) is 40.9 Å². The van der Waals surface area contributed by atoms with Crippen molar-refractivity contribution in [1.82, 2.24) is 0 Å². The molecule has 0 aromatic rings. The monoisotopic (exact) mass is 174 g/mol. The minimum Gasteiger partial charge on any atom is -0.247 e. The first-order valence-electron chi connectivity index (χ1n) is 4.74. The molecule has 0 bridgehead atoms. The number of fused-ring (bicyclic) bond motifs is 4. The van der Waals surface area contributed by atoms with E-state index in [0.717, 1.165) is 0 Å². The second-order valence-corrected chi connectivity index (χ2v) is 4.88. The maximum Gasteiger partial charge on any atom is 0.109 e. The molecule has 13 heavy (non-hydrogen) atoms. The van der Waals surface area contributed by atoms with E-state index < -0.39 is 6.17 Å². The second-order valence-electron chi connectivity index (χ2n) is 4.88. The minimum atomic E-state index is -0.760. The SMILES string of the molecule is N#C[C@@H]1[C@@H]2[C@H]1[C@@H]1[C@@H]3[C@@H](F)[C@H]2[C@@]13C#N. The highest BCUT2D eigenvalue weighted by Crippen LogP contribution is 2.92. The predicted molar refractivity (Wildman–Crippen MR) is 39.5 cm³/mol. The van der Waals surface area contributed by atoms with E-state index in [9.17, 15) is 4.39 Å². The summed E-state index contributed by atoms with van der Waals surface area (Å²) in [5, 5.41) is 17.8. The molecule has 8 atom stereocenters. The third-order valence-corrected chi connectivity index (χ3v) is 4.92. The van der Waals surface area contributed by atoms with Crippen LogP contribution in [0.25, 0.3) is 0 Å². The first-order valence-corrected chi connectivity index (χ1v) is 4.74. The van der Waals surface area contributed by atoms with Crippen molar-refractivity contribution in [3.05, 3.63) is 0 Å². The molecular formula is C10H7FN2. The summed E-state index contributed by atoms with van der Waals surface area (Å²) in [6.07, 6.45) is -0.760. The molecule has 64 valence electrons. The molecule has 4 saturated carbocycles. The number of hydrogen-bond acceptors (Lipinski definition) is 2. The van der Waals surface area contributed by atoms with E-state index >= 15 is 0 Å². The zero-order valence-electron chi connectivity index (χ0n) is 6.81. The van der Waals surface area contributed by atoms with Gasteiger partial charge < -0.3 is 0 Å². The first-order chi connectivity index (χ1) is 6.29. The van der Waals surface area contributed by atoms with Crippen molar-refractivity contribution in [2.45, 2.75) is 6.17 Å². The van der Waals surface area contributed by atoms with Crippen LogP contribution < -0.4 is 0 Å². The quantitative estimate of drug-likeness (QED) is 0.552. The van der Waals surface area contributed by atoms with Crippen molar-refractivity contribution in [3.8, 4) is 12.1 Å². The smallest absolute Gasteiger partial charge is 0.109 e. The van der Waals surface area contributed by atoms with E-state index in [1.807, 2.05) is 0 Å².